The number of hydrogen-bond donors (Lipinski definition) is 2. The van der Waals surface area contributed by atoms with Gasteiger partial charge in [-0.25, -0.2) is 0 Å². The lowest BCUT2D eigenvalue weighted by atomic mass is 10.4. The quantitative estimate of drug-likeness (QED) is 0.879. The summed E-state index contributed by atoms with van der Waals surface area (Å²) in [6, 6.07) is 3.50. The van der Waals surface area contributed by atoms with Crippen molar-refractivity contribution in [2.45, 2.75) is 13.3 Å². The van der Waals surface area contributed by atoms with Crippen LogP contribution in [0.1, 0.15) is 13.3 Å². The van der Waals surface area contributed by atoms with E-state index in [4.69, 9.17) is 10.5 Å². The van der Waals surface area contributed by atoms with E-state index in [0.717, 1.165) is 17.4 Å². The number of nitrogens with zero attached hydrogens (tertiary/aromatic N) is 3. The standard InChI is InChI=1S/C12H14BrN5O/c1-2-3-16-10-5-11(18-12(14)17-10)19-9-4-8(13)6-15-7-9/h4-7H,2-3H2,1H3,(H3,14,16,17,18). The largest absolute Gasteiger partial charge is 0.437 e. The average molecular weight is 324 g/mol. The van der Waals surface area contributed by atoms with E-state index in [0.29, 0.717) is 17.4 Å². The van der Waals surface area contributed by atoms with Crippen LogP contribution in [0.2, 0.25) is 0 Å². The molecule has 2 heterocycles. The molecule has 0 aliphatic carbocycles. The van der Waals surface area contributed by atoms with Gasteiger partial charge in [0.15, 0.2) is 0 Å². The van der Waals surface area contributed by atoms with Gasteiger partial charge in [-0.05, 0) is 28.4 Å². The van der Waals surface area contributed by atoms with Gasteiger partial charge in [-0.3, -0.25) is 4.98 Å². The van der Waals surface area contributed by atoms with Gasteiger partial charge < -0.3 is 15.8 Å². The normalized spacial score (nSPS) is 10.2. The fourth-order valence-electron chi connectivity index (χ4n) is 1.41. The highest BCUT2D eigenvalue weighted by molar-refractivity contribution is 9.10. The first-order valence-electron chi connectivity index (χ1n) is 5.84. The summed E-state index contributed by atoms with van der Waals surface area (Å²) in [4.78, 5) is 12.1. The maximum absolute atomic E-state index is 5.65. The molecule has 0 fully saturated rings. The zero-order valence-corrected chi connectivity index (χ0v) is 12.0. The van der Waals surface area contributed by atoms with Crippen molar-refractivity contribution in [1.82, 2.24) is 15.0 Å². The first-order chi connectivity index (χ1) is 9.17. The van der Waals surface area contributed by atoms with Crippen molar-refractivity contribution >= 4 is 27.7 Å². The summed E-state index contributed by atoms with van der Waals surface area (Å²) < 4.78 is 6.43. The number of pyridine rings is 1. The second kappa shape index (κ2) is 6.33. The smallest absolute Gasteiger partial charge is 0.226 e. The van der Waals surface area contributed by atoms with Gasteiger partial charge >= 0.3 is 0 Å². The van der Waals surface area contributed by atoms with Crippen LogP contribution in [0.4, 0.5) is 11.8 Å². The second-order valence-electron chi connectivity index (χ2n) is 3.82. The Morgan fingerprint density at radius 3 is 2.89 bits per heavy atom. The van der Waals surface area contributed by atoms with Crippen molar-refractivity contribution in [3.63, 3.8) is 0 Å². The maximum Gasteiger partial charge on any atom is 0.226 e. The monoisotopic (exact) mass is 323 g/mol. The summed E-state index contributed by atoms with van der Waals surface area (Å²) in [5.74, 6) is 1.77. The Balaban J connectivity index is 2.17. The van der Waals surface area contributed by atoms with Gasteiger partial charge in [-0.2, -0.15) is 9.97 Å². The third-order valence-electron chi connectivity index (χ3n) is 2.18. The van der Waals surface area contributed by atoms with Crippen molar-refractivity contribution < 1.29 is 4.74 Å². The molecule has 0 saturated heterocycles. The molecule has 0 aromatic carbocycles. The van der Waals surface area contributed by atoms with E-state index in [1.165, 1.54) is 0 Å². The first-order valence-corrected chi connectivity index (χ1v) is 6.63. The van der Waals surface area contributed by atoms with Crippen molar-refractivity contribution in [1.29, 1.82) is 0 Å². The molecule has 0 radical (unpaired) electrons. The minimum absolute atomic E-state index is 0.166. The van der Waals surface area contributed by atoms with Gasteiger partial charge in [0.1, 0.15) is 11.6 Å². The van der Waals surface area contributed by atoms with Gasteiger partial charge in [-0.1, -0.05) is 6.92 Å². The van der Waals surface area contributed by atoms with E-state index >= 15 is 0 Å². The fourth-order valence-corrected chi connectivity index (χ4v) is 1.75. The molecule has 0 atom stereocenters. The van der Waals surface area contributed by atoms with Crippen molar-refractivity contribution in [3.8, 4) is 11.6 Å². The van der Waals surface area contributed by atoms with Crippen LogP contribution >= 0.6 is 15.9 Å². The topological polar surface area (TPSA) is 86.0 Å². The molecule has 0 spiro atoms. The summed E-state index contributed by atoms with van der Waals surface area (Å²) in [7, 11) is 0. The summed E-state index contributed by atoms with van der Waals surface area (Å²) in [5.41, 5.74) is 5.65. The molecule has 0 unspecified atom stereocenters. The van der Waals surface area contributed by atoms with E-state index in [1.807, 2.05) is 0 Å². The van der Waals surface area contributed by atoms with E-state index in [-0.39, 0.29) is 5.95 Å². The highest BCUT2D eigenvalue weighted by Crippen LogP contribution is 2.23. The van der Waals surface area contributed by atoms with Crippen LogP contribution in [0.5, 0.6) is 11.6 Å². The molecule has 3 N–H and O–H groups in total. The predicted octanol–water partition coefficient (Wildman–Crippen LogP) is 2.83. The lowest BCUT2D eigenvalue weighted by Gasteiger charge is -2.08. The van der Waals surface area contributed by atoms with Gasteiger partial charge in [0, 0.05) is 23.3 Å². The van der Waals surface area contributed by atoms with Crippen LogP contribution in [0, 0.1) is 0 Å². The minimum Gasteiger partial charge on any atom is -0.437 e. The number of nitrogen functional groups attached to an aromatic ring is 1. The number of hydrogen-bond acceptors (Lipinski definition) is 6. The number of nitrogens with two attached hydrogens (primary N) is 1. The number of nitrogens with one attached hydrogen (secondary N) is 1. The molecule has 0 aliphatic heterocycles. The third kappa shape index (κ3) is 4.06. The van der Waals surface area contributed by atoms with Crippen LogP contribution in [-0.4, -0.2) is 21.5 Å². The summed E-state index contributed by atoms with van der Waals surface area (Å²) in [6.45, 7) is 2.89. The number of halogens is 1. The van der Waals surface area contributed by atoms with Crippen LogP contribution in [0.15, 0.2) is 29.0 Å². The number of ether oxygens (including phenoxy) is 1. The number of rotatable bonds is 5. The molecule has 6 nitrogen and oxygen atoms in total. The summed E-state index contributed by atoms with van der Waals surface area (Å²) in [6.07, 6.45) is 4.27. The Hall–Kier alpha value is -1.89. The fraction of sp³-hybridized carbons (Fsp3) is 0.250. The van der Waals surface area contributed by atoms with Gasteiger partial charge in [0.25, 0.3) is 0 Å². The Morgan fingerprint density at radius 2 is 2.16 bits per heavy atom. The number of anilines is 2. The molecular formula is C12H14BrN5O. The van der Waals surface area contributed by atoms with Gasteiger partial charge in [0.2, 0.25) is 11.8 Å². The van der Waals surface area contributed by atoms with Crippen LogP contribution < -0.4 is 15.8 Å². The van der Waals surface area contributed by atoms with Gasteiger partial charge in [0.05, 0.1) is 6.20 Å². The Bertz CT molecular complexity index is 564. The molecule has 2 rings (SSSR count). The van der Waals surface area contributed by atoms with E-state index in [9.17, 15) is 0 Å². The summed E-state index contributed by atoms with van der Waals surface area (Å²) >= 11 is 3.33. The Kier molecular flexibility index (Phi) is 4.51. The van der Waals surface area contributed by atoms with Crippen LogP contribution in [0.3, 0.4) is 0 Å². The molecule has 0 aliphatic rings. The minimum atomic E-state index is 0.166. The lowest BCUT2D eigenvalue weighted by molar-refractivity contribution is 0.460. The molecular weight excluding hydrogens is 310 g/mol. The molecule has 7 heteroatoms. The zero-order chi connectivity index (χ0) is 13.7. The van der Waals surface area contributed by atoms with Crippen LogP contribution in [-0.2, 0) is 0 Å². The van der Waals surface area contributed by atoms with Crippen molar-refractivity contribution in [3.05, 3.63) is 29.0 Å². The van der Waals surface area contributed by atoms with Crippen molar-refractivity contribution in [2.24, 2.45) is 0 Å². The number of aromatic nitrogens is 3. The molecule has 0 saturated carbocycles. The summed E-state index contributed by atoms with van der Waals surface area (Å²) in [5, 5.41) is 3.14. The third-order valence-corrected chi connectivity index (χ3v) is 2.61. The Morgan fingerprint density at radius 1 is 1.32 bits per heavy atom. The molecule has 100 valence electrons. The van der Waals surface area contributed by atoms with Gasteiger partial charge in [-0.15, -0.1) is 0 Å². The first kappa shape index (κ1) is 13.5. The Labute approximate surface area is 119 Å². The molecule has 2 aromatic rings. The van der Waals surface area contributed by atoms with Crippen LogP contribution in [0.25, 0.3) is 0 Å². The van der Waals surface area contributed by atoms with E-state index < -0.39 is 0 Å². The average Bonchev–Trinajstić information content (AvgIpc) is 2.35. The lowest BCUT2D eigenvalue weighted by Crippen LogP contribution is -2.05. The highest BCUT2D eigenvalue weighted by atomic mass is 79.9. The maximum atomic E-state index is 5.65. The zero-order valence-electron chi connectivity index (χ0n) is 10.4. The predicted molar refractivity (Wildman–Crippen MR) is 77.2 cm³/mol. The molecule has 0 bridgehead atoms. The van der Waals surface area contributed by atoms with E-state index in [1.54, 1.807) is 24.5 Å². The SMILES string of the molecule is CCCNc1cc(Oc2cncc(Br)c2)nc(N)n1. The second-order valence-corrected chi connectivity index (χ2v) is 4.73. The molecule has 0 amide bonds. The molecule has 19 heavy (non-hydrogen) atoms. The molecule has 2 aromatic heterocycles. The van der Waals surface area contributed by atoms with E-state index in [2.05, 4.69) is 43.1 Å². The highest BCUT2D eigenvalue weighted by Gasteiger charge is 2.05. The van der Waals surface area contributed by atoms with Crippen molar-refractivity contribution in [2.75, 3.05) is 17.6 Å².